The molecule has 1 nitrogen and oxygen atoms in total. The Balaban J connectivity index is 2.04. The Bertz CT molecular complexity index is 337. The summed E-state index contributed by atoms with van der Waals surface area (Å²) in [4.78, 5) is 0. The van der Waals surface area contributed by atoms with Crippen LogP contribution in [-0.2, 0) is 0 Å². The van der Waals surface area contributed by atoms with Gasteiger partial charge >= 0.3 is 0 Å². The van der Waals surface area contributed by atoms with Gasteiger partial charge in [0.1, 0.15) is 0 Å². The van der Waals surface area contributed by atoms with Gasteiger partial charge in [-0.05, 0) is 55.8 Å². The molecule has 1 heteroatoms. The topological polar surface area (TPSA) is 12.0 Å². The van der Waals surface area contributed by atoms with E-state index in [1.54, 1.807) is 5.56 Å². The Kier molecular flexibility index (Phi) is 3.11. The third-order valence-corrected chi connectivity index (χ3v) is 3.72. The van der Waals surface area contributed by atoms with Crippen LogP contribution in [0, 0.1) is 13.8 Å². The van der Waals surface area contributed by atoms with Gasteiger partial charge in [0.2, 0.25) is 0 Å². The van der Waals surface area contributed by atoms with Crippen molar-refractivity contribution in [2.24, 2.45) is 0 Å². The van der Waals surface area contributed by atoms with E-state index in [1.807, 2.05) is 0 Å². The van der Waals surface area contributed by atoms with E-state index in [-0.39, 0.29) is 0 Å². The molecular formula is C14H21N. The van der Waals surface area contributed by atoms with Crippen LogP contribution in [0.15, 0.2) is 18.2 Å². The highest BCUT2D eigenvalue weighted by molar-refractivity contribution is 5.37. The van der Waals surface area contributed by atoms with Crippen LogP contribution < -0.4 is 5.32 Å². The monoisotopic (exact) mass is 203 g/mol. The normalized spacial score (nSPS) is 25.0. The summed E-state index contributed by atoms with van der Waals surface area (Å²) in [6.45, 7) is 7.75. The van der Waals surface area contributed by atoms with Crippen molar-refractivity contribution in [3.05, 3.63) is 34.9 Å². The predicted molar refractivity (Wildman–Crippen MR) is 65.4 cm³/mol. The van der Waals surface area contributed by atoms with Crippen molar-refractivity contribution in [2.75, 3.05) is 6.54 Å². The van der Waals surface area contributed by atoms with E-state index in [0.717, 1.165) is 18.5 Å². The lowest BCUT2D eigenvalue weighted by Crippen LogP contribution is -2.40. The summed E-state index contributed by atoms with van der Waals surface area (Å²) >= 11 is 0. The zero-order chi connectivity index (χ0) is 10.8. The van der Waals surface area contributed by atoms with Crippen LogP contribution in [0.3, 0.4) is 0 Å². The lowest BCUT2D eigenvalue weighted by atomic mass is 9.74. The second-order valence-corrected chi connectivity index (χ2v) is 4.71. The van der Waals surface area contributed by atoms with Gasteiger partial charge in [0.05, 0.1) is 0 Å². The van der Waals surface area contributed by atoms with Crippen molar-refractivity contribution in [1.29, 1.82) is 0 Å². The number of nitrogens with one attached hydrogen (secondary N) is 1. The van der Waals surface area contributed by atoms with E-state index < -0.39 is 0 Å². The number of benzene rings is 1. The third-order valence-electron chi connectivity index (χ3n) is 3.72. The minimum Gasteiger partial charge on any atom is -0.314 e. The summed E-state index contributed by atoms with van der Waals surface area (Å²) in [6, 6.07) is 7.46. The maximum atomic E-state index is 3.52. The van der Waals surface area contributed by atoms with Crippen LogP contribution in [-0.4, -0.2) is 12.6 Å². The summed E-state index contributed by atoms with van der Waals surface area (Å²) in [6.07, 6.45) is 2.64. The van der Waals surface area contributed by atoms with Gasteiger partial charge in [-0.15, -0.1) is 0 Å². The van der Waals surface area contributed by atoms with Crippen LogP contribution >= 0.6 is 0 Å². The van der Waals surface area contributed by atoms with Crippen LogP contribution in [0.5, 0.6) is 0 Å². The Morgan fingerprint density at radius 3 is 2.67 bits per heavy atom. The minimum atomic E-state index is 0.764. The molecule has 0 unspecified atom stereocenters. The summed E-state index contributed by atoms with van der Waals surface area (Å²) in [5, 5.41) is 3.52. The average molecular weight is 203 g/mol. The molecule has 1 fully saturated rings. The zero-order valence-corrected chi connectivity index (χ0v) is 10.0. The standard InChI is InChI=1S/C14H21N/c1-4-15-13-8-12(9-13)14-7-5-6-10(2)11(14)3/h5-7,12-13,15H,4,8-9H2,1-3H3. The van der Waals surface area contributed by atoms with Crippen LogP contribution in [0.4, 0.5) is 0 Å². The molecule has 1 aromatic carbocycles. The van der Waals surface area contributed by atoms with Crippen molar-refractivity contribution < 1.29 is 0 Å². The molecule has 1 N–H and O–H groups in total. The SMILES string of the molecule is CCNC1CC(c2cccc(C)c2C)C1. The molecule has 0 amide bonds. The molecule has 0 heterocycles. The Morgan fingerprint density at radius 1 is 1.27 bits per heavy atom. The lowest BCUT2D eigenvalue weighted by molar-refractivity contribution is 0.295. The Morgan fingerprint density at radius 2 is 2.00 bits per heavy atom. The quantitative estimate of drug-likeness (QED) is 0.795. The number of aryl methyl sites for hydroxylation is 1. The molecule has 1 aliphatic carbocycles. The van der Waals surface area contributed by atoms with Gasteiger partial charge in [-0.25, -0.2) is 0 Å². The number of hydrogen-bond donors (Lipinski definition) is 1. The number of rotatable bonds is 3. The molecule has 0 saturated heterocycles. The highest BCUT2D eigenvalue weighted by Gasteiger charge is 2.30. The van der Waals surface area contributed by atoms with Gasteiger partial charge in [-0.2, -0.15) is 0 Å². The second-order valence-electron chi connectivity index (χ2n) is 4.71. The van der Waals surface area contributed by atoms with Gasteiger partial charge in [0.25, 0.3) is 0 Å². The molecule has 2 rings (SSSR count). The third kappa shape index (κ3) is 2.07. The molecule has 15 heavy (non-hydrogen) atoms. The van der Waals surface area contributed by atoms with Gasteiger partial charge in [0.15, 0.2) is 0 Å². The largest absolute Gasteiger partial charge is 0.314 e. The summed E-state index contributed by atoms with van der Waals surface area (Å²) in [5.74, 6) is 0.800. The van der Waals surface area contributed by atoms with Gasteiger partial charge in [0, 0.05) is 6.04 Å². The van der Waals surface area contributed by atoms with Gasteiger partial charge in [-0.1, -0.05) is 25.1 Å². The Hall–Kier alpha value is -0.820. The zero-order valence-electron chi connectivity index (χ0n) is 10.0. The summed E-state index contributed by atoms with van der Waals surface area (Å²) < 4.78 is 0. The summed E-state index contributed by atoms with van der Waals surface area (Å²) in [7, 11) is 0. The fraction of sp³-hybridized carbons (Fsp3) is 0.571. The van der Waals surface area contributed by atoms with Gasteiger partial charge < -0.3 is 5.32 Å². The molecule has 0 bridgehead atoms. The molecule has 0 radical (unpaired) electrons. The molecular weight excluding hydrogens is 182 g/mol. The van der Waals surface area contributed by atoms with Crippen molar-refractivity contribution in [1.82, 2.24) is 5.32 Å². The van der Waals surface area contributed by atoms with E-state index in [1.165, 1.54) is 24.0 Å². The molecule has 0 spiro atoms. The van der Waals surface area contributed by atoms with E-state index in [0.29, 0.717) is 0 Å². The first-order valence-corrected chi connectivity index (χ1v) is 6.02. The first-order valence-electron chi connectivity index (χ1n) is 6.02. The molecule has 0 aliphatic heterocycles. The van der Waals surface area contributed by atoms with E-state index in [9.17, 15) is 0 Å². The van der Waals surface area contributed by atoms with E-state index in [4.69, 9.17) is 0 Å². The highest BCUT2D eigenvalue weighted by Crippen LogP contribution is 2.38. The molecule has 1 aromatic rings. The van der Waals surface area contributed by atoms with Gasteiger partial charge in [-0.3, -0.25) is 0 Å². The summed E-state index contributed by atoms with van der Waals surface area (Å²) in [5.41, 5.74) is 4.50. The fourth-order valence-electron chi connectivity index (χ4n) is 2.54. The molecule has 1 saturated carbocycles. The average Bonchev–Trinajstić information content (AvgIpc) is 2.16. The van der Waals surface area contributed by atoms with Crippen LogP contribution in [0.1, 0.15) is 42.4 Å². The lowest BCUT2D eigenvalue weighted by Gasteiger charge is -2.37. The predicted octanol–water partition coefficient (Wildman–Crippen LogP) is 3.16. The van der Waals surface area contributed by atoms with E-state index in [2.05, 4.69) is 44.3 Å². The Labute approximate surface area is 92.9 Å². The molecule has 82 valence electrons. The minimum absolute atomic E-state index is 0.764. The van der Waals surface area contributed by atoms with Crippen molar-refractivity contribution in [3.63, 3.8) is 0 Å². The van der Waals surface area contributed by atoms with Crippen molar-refractivity contribution in [2.45, 2.75) is 45.6 Å². The van der Waals surface area contributed by atoms with Crippen molar-refractivity contribution >= 4 is 0 Å². The fourth-order valence-corrected chi connectivity index (χ4v) is 2.54. The van der Waals surface area contributed by atoms with E-state index >= 15 is 0 Å². The van der Waals surface area contributed by atoms with Crippen molar-refractivity contribution in [3.8, 4) is 0 Å². The maximum absolute atomic E-state index is 3.52. The first-order chi connectivity index (χ1) is 7.22. The maximum Gasteiger partial charge on any atom is 0.00786 e. The number of hydrogen-bond acceptors (Lipinski definition) is 1. The molecule has 1 aliphatic rings. The highest BCUT2D eigenvalue weighted by atomic mass is 14.9. The molecule has 0 aromatic heterocycles. The van der Waals surface area contributed by atoms with Crippen LogP contribution in [0.25, 0.3) is 0 Å². The first kappa shape index (κ1) is 10.7. The smallest absolute Gasteiger partial charge is 0.00786 e. The van der Waals surface area contributed by atoms with Crippen LogP contribution in [0.2, 0.25) is 0 Å². The molecule has 0 atom stereocenters. The second kappa shape index (κ2) is 4.36.